The molecule has 1 aliphatic rings. The maximum Gasteiger partial charge on any atom is 0.441 e. The molecular weight excluding hydrogens is 233 g/mol. The number of alkyl halides is 4. The molecule has 0 aliphatic heterocycles. The molecule has 0 bridgehead atoms. The molecule has 84 valence electrons. The molecule has 1 fully saturated rings. The van der Waals surface area contributed by atoms with Crippen LogP contribution in [0.5, 0.6) is 0 Å². The Labute approximate surface area is 91.6 Å². The average molecular weight is 247 g/mol. The molecule has 0 N–H and O–H groups in total. The molecule has 0 aromatic heterocycles. The highest BCUT2D eigenvalue weighted by Gasteiger charge is 2.28. The first-order chi connectivity index (χ1) is 6.47. The highest BCUT2D eigenvalue weighted by atomic mass is 35.5. The van der Waals surface area contributed by atoms with Gasteiger partial charge in [-0.05, 0) is 25.2 Å². The third kappa shape index (κ3) is 5.35. The Balaban J connectivity index is 2.12. The minimum absolute atomic E-state index is 0.0854. The van der Waals surface area contributed by atoms with Crippen molar-refractivity contribution in [3.05, 3.63) is 0 Å². The van der Waals surface area contributed by atoms with E-state index >= 15 is 0 Å². The Morgan fingerprint density at radius 3 is 2.57 bits per heavy atom. The Morgan fingerprint density at radius 2 is 2.00 bits per heavy atom. The average Bonchev–Trinajstić information content (AvgIpc) is 2.01. The van der Waals surface area contributed by atoms with Crippen molar-refractivity contribution in [2.75, 3.05) is 5.75 Å². The van der Waals surface area contributed by atoms with Gasteiger partial charge in [0, 0.05) is 11.1 Å². The van der Waals surface area contributed by atoms with Crippen molar-refractivity contribution in [2.45, 2.75) is 43.0 Å². The predicted molar refractivity (Wildman–Crippen MR) is 54.7 cm³/mol. The van der Waals surface area contributed by atoms with Gasteiger partial charge in [-0.25, -0.2) is 0 Å². The molecule has 0 heterocycles. The number of hydrogen-bond donors (Lipinski definition) is 0. The van der Waals surface area contributed by atoms with E-state index in [-0.39, 0.29) is 22.9 Å². The van der Waals surface area contributed by atoms with Crippen LogP contribution in [0.4, 0.5) is 13.2 Å². The topological polar surface area (TPSA) is 0 Å². The van der Waals surface area contributed by atoms with Crippen LogP contribution in [0.15, 0.2) is 0 Å². The summed E-state index contributed by atoms with van der Waals surface area (Å²) in [4.78, 5) is 0. The molecule has 2 atom stereocenters. The number of rotatable bonds is 3. The molecule has 0 nitrogen and oxygen atoms in total. The number of halogens is 4. The highest BCUT2D eigenvalue weighted by molar-refractivity contribution is 8.00. The largest absolute Gasteiger partial charge is 0.441 e. The summed E-state index contributed by atoms with van der Waals surface area (Å²) in [6, 6.07) is 0. The van der Waals surface area contributed by atoms with Crippen LogP contribution in [0, 0.1) is 5.92 Å². The van der Waals surface area contributed by atoms with Gasteiger partial charge in [-0.15, -0.1) is 11.6 Å². The minimum Gasteiger partial charge on any atom is -0.160 e. The first-order valence-electron chi connectivity index (χ1n) is 4.82. The summed E-state index contributed by atoms with van der Waals surface area (Å²) in [6.45, 7) is 0. The molecule has 0 saturated heterocycles. The van der Waals surface area contributed by atoms with Crippen molar-refractivity contribution in [2.24, 2.45) is 5.92 Å². The van der Waals surface area contributed by atoms with Crippen LogP contribution in [-0.4, -0.2) is 16.6 Å². The van der Waals surface area contributed by atoms with Gasteiger partial charge in [0.2, 0.25) is 0 Å². The quantitative estimate of drug-likeness (QED) is 0.664. The zero-order chi connectivity index (χ0) is 10.6. The van der Waals surface area contributed by atoms with E-state index in [1.54, 1.807) is 0 Å². The molecule has 1 saturated carbocycles. The van der Waals surface area contributed by atoms with Crippen LogP contribution in [0.1, 0.15) is 32.1 Å². The van der Waals surface area contributed by atoms with Crippen molar-refractivity contribution in [1.29, 1.82) is 0 Å². The lowest BCUT2D eigenvalue weighted by Crippen LogP contribution is -2.16. The van der Waals surface area contributed by atoms with E-state index < -0.39 is 5.51 Å². The van der Waals surface area contributed by atoms with Gasteiger partial charge in [-0.1, -0.05) is 24.6 Å². The Morgan fingerprint density at radius 1 is 1.29 bits per heavy atom. The van der Waals surface area contributed by atoms with Gasteiger partial charge in [-0.2, -0.15) is 13.2 Å². The molecule has 5 heteroatoms. The molecule has 0 amide bonds. The number of hydrogen-bond acceptors (Lipinski definition) is 1. The summed E-state index contributed by atoms with van der Waals surface area (Å²) in [7, 11) is 0. The molecule has 1 aliphatic carbocycles. The van der Waals surface area contributed by atoms with Gasteiger partial charge < -0.3 is 0 Å². The zero-order valence-corrected chi connectivity index (χ0v) is 9.39. The molecule has 0 spiro atoms. The van der Waals surface area contributed by atoms with Gasteiger partial charge in [0.25, 0.3) is 0 Å². The molecule has 0 radical (unpaired) electrons. The van der Waals surface area contributed by atoms with Gasteiger partial charge in [0.15, 0.2) is 0 Å². The fourth-order valence-electron chi connectivity index (χ4n) is 1.83. The maximum atomic E-state index is 11.8. The fraction of sp³-hybridized carbons (Fsp3) is 1.00. The Bertz CT molecular complexity index is 172. The summed E-state index contributed by atoms with van der Waals surface area (Å²) in [6.07, 6.45) is 4.66. The van der Waals surface area contributed by atoms with Gasteiger partial charge in [0.05, 0.1) is 0 Å². The van der Waals surface area contributed by atoms with Gasteiger partial charge in [0.1, 0.15) is 0 Å². The first kappa shape index (κ1) is 12.5. The van der Waals surface area contributed by atoms with Crippen LogP contribution < -0.4 is 0 Å². The zero-order valence-electron chi connectivity index (χ0n) is 7.82. The summed E-state index contributed by atoms with van der Waals surface area (Å²) >= 11 is 6.04. The molecule has 0 aromatic carbocycles. The van der Waals surface area contributed by atoms with E-state index in [0.717, 1.165) is 25.7 Å². The maximum absolute atomic E-state index is 11.8. The monoisotopic (exact) mass is 246 g/mol. The smallest absolute Gasteiger partial charge is 0.160 e. The summed E-state index contributed by atoms with van der Waals surface area (Å²) in [5, 5.41) is 0.185. The lowest BCUT2D eigenvalue weighted by atomic mass is 9.87. The standard InChI is InChI=1S/C9H14ClF3S/c10-8-3-1-2-7(6-8)4-5-14-9(11,12)13/h7-8H,1-6H2. The fourth-order valence-corrected chi connectivity index (χ4v) is 2.92. The van der Waals surface area contributed by atoms with Crippen LogP contribution in [0.2, 0.25) is 0 Å². The second kappa shape index (κ2) is 5.50. The SMILES string of the molecule is FC(F)(F)SCCC1CCCC(Cl)C1. The van der Waals surface area contributed by atoms with Crippen molar-refractivity contribution in [3.63, 3.8) is 0 Å². The van der Waals surface area contributed by atoms with Crippen LogP contribution in [-0.2, 0) is 0 Å². The van der Waals surface area contributed by atoms with Crippen molar-refractivity contribution < 1.29 is 13.2 Å². The first-order valence-corrected chi connectivity index (χ1v) is 6.24. The second-order valence-corrected chi connectivity index (χ2v) is 5.49. The van der Waals surface area contributed by atoms with E-state index in [4.69, 9.17) is 11.6 Å². The lowest BCUT2D eigenvalue weighted by Gasteiger charge is -2.25. The molecular formula is C9H14ClF3S. The molecule has 14 heavy (non-hydrogen) atoms. The Kier molecular flexibility index (Phi) is 4.91. The predicted octanol–water partition coefficient (Wildman–Crippen LogP) is 4.43. The van der Waals surface area contributed by atoms with E-state index in [2.05, 4.69) is 0 Å². The third-order valence-electron chi connectivity index (χ3n) is 2.51. The van der Waals surface area contributed by atoms with Gasteiger partial charge in [-0.3, -0.25) is 0 Å². The number of thioether (sulfide) groups is 1. The van der Waals surface area contributed by atoms with Gasteiger partial charge >= 0.3 is 5.51 Å². The summed E-state index contributed by atoms with van der Waals surface area (Å²) in [5.41, 5.74) is -4.07. The normalized spacial score (nSPS) is 29.1. The highest BCUT2D eigenvalue weighted by Crippen LogP contribution is 2.35. The van der Waals surface area contributed by atoms with E-state index in [1.807, 2.05) is 0 Å². The van der Waals surface area contributed by atoms with E-state index in [9.17, 15) is 13.2 Å². The molecule has 1 rings (SSSR count). The minimum atomic E-state index is -4.07. The molecule has 2 unspecified atom stereocenters. The molecule has 0 aromatic rings. The Hall–Kier alpha value is 0.430. The lowest BCUT2D eigenvalue weighted by molar-refractivity contribution is -0.0328. The van der Waals surface area contributed by atoms with Crippen molar-refractivity contribution >= 4 is 23.4 Å². The summed E-state index contributed by atoms with van der Waals surface area (Å²) < 4.78 is 35.5. The van der Waals surface area contributed by atoms with E-state index in [1.165, 1.54) is 0 Å². The van der Waals surface area contributed by atoms with Crippen LogP contribution in [0.25, 0.3) is 0 Å². The van der Waals surface area contributed by atoms with Crippen molar-refractivity contribution in [1.82, 2.24) is 0 Å². The summed E-state index contributed by atoms with van der Waals surface area (Å²) in [5.74, 6) is 0.582. The third-order valence-corrected chi connectivity index (χ3v) is 3.67. The van der Waals surface area contributed by atoms with Crippen LogP contribution in [0.3, 0.4) is 0 Å². The second-order valence-electron chi connectivity index (χ2n) is 3.71. The van der Waals surface area contributed by atoms with Crippen LogP contribution >= 0.6 is 23.4 Å². The van der Waals surface area contributed by atoms with E-state index in [0.29, 0.717) is 12.3 Å². The van der Waals surface area contributed by atoms with Crippen molar-refractivity contribution in [3.8, 4) is 0 Å².